The first-order valence-electron chi connectivity index (χ1n) is 8.14. The largest absolute Gasteiger partial charge is 0.481 e. The molecule has 2 aliphatic rings. The summed E-state index contributed by atoms with van der Waals surface area (Å²) in [6.45, 7) is 0.475. The fourth-order valence-corrected chi connectivity index (χ4v) is 3.58. The highest BCUT2D eigenvalue weighted by molar-refractivity contribution is 6.00. The summed E-state index contributed by atoms with van der Waals surface area (Å²) in [4.78, 5) is 38.5. The van der Waals surface area contributed by atoms with Crippen molar-refractivity contribution >= 4 is 23.5 Å². The third-order valence-electron chi connectivity index (χ3n) is 4.75. The van der Waals surface area contributed by atoms with Gasteiger partial charge in [0.1, 0.15) is 11.6 Å². The number of carbonyl (C=O) groups is 3. The molecule has 2 amide bonds. The van der Waals surface area contributed by atoms with Crippen LogP contribution < -0.4 is 4.90 Å². The summed E-state index contributed by atoms with van der Waals surface area (Å²) < 4.78 is 27.0. The molecule has 0 aliphatic carbocycles. The van der Waals surface area contributed by atoms with E-state index in [9.17, 15) is 23.2 Å². The Morgan fingerprint density at radius 1 is 1.28 bits per heavy atom. The lowest BCUT2D eigenvalue weighted by Crippen LogP contribution is -2.41. The van der Waals surface area contributed by atoms with E-state index in [1.54, 1.807) is 0 Å². The second-order valence-electron chi connectivity index (χ2n) is 6.43. The number of hydrogen-bond acceptors (Lipinski definition) is 3. The minimum absolute atomic E-state index is 0.0104. The molecule has 0 saturated carbocycles. The summed E-state index contributed by atoms with van der Waals surface area (Å²) in [5.41, 5.74) is -0.0507. The number of carboxylic acids is 1. The maximum Gasteiger partial charge on any atom is 0.305 e. The highest BCUT2D eigenvalue weighted by Crippen LogP contribution is 2.31. The fourth-order valence-electron chi connectivity index (χ4n) is 3.58. The van der Waals surface area contributed by atoms with Gasteiger partial charge in [-0.15, -0.1) is 0 Å². The number of amides is 2. The van der Waals surface area contributed by atoms with Crippen molar-refractivity contribution < 1.29 is 28.3 Å². The molecule has 2 fully saturated rings. The number of anilines is 1. The Labute approximate surface area is 143 Å². The van der Waals surface area contributed by atoms with Crippen LogP contribution in [0.2, 0.25) is 0 Å². The molecule has 1 aromatic rings. The molecule has 2 unspecified atom stereocenters. The van der Waals surface area contributed by atoms with E-state index in [0.29, 0.717) is 19.0 Å². The van der Waals surface area contributed by atoms with E-state index in [1.807, 2.05) is 0 Å². The van der Waals surface area contributed by atoms with E-state index in [2.05, 4.69) is 0 Å². The van der Waals surface area contributed by atoms with E-state index < -0.39 is 29.4 Å². The normalized spacial score (nSPS) is 23.4. The Hall–Kier alpha value is -2.51. The van der Waals surface area contributed by atoms with Gasteiger partial charge < -0.3 is 14.9 Å². The van der Waals surface area contributed by atoms with Gasteiger partial charge in [-0.25, -0.2) is 8.78 Å². The zero-order valence-corrected chi connectivity index (χ0v) is 13.5. The third-order valence-corrected chi connectivity index (χ3v) is 4.75. The zero-order valence-electron chi connectivity index (χ0n) is 13.5. The first kappa shape index (κ1) is 17.3. The average Bonchev–Trinajstić information content (AvgIpc) is 3.13. The number of benzene rings is 1. The zero-order chi connectivity index (χ0) is 18.1. The Morgan fingerprint density at radius 3 is 2.72 bits per heavy atom. The van der Waals surface area contributed by atoms with Gasteiger partial charge >= 0.3 is 5.97 Å². The highest BCUT2D eigenvalue weighted by Gasteiger charge is 2.41. The molecule has 0 bridgehead atoms. The molecule has 2 saturated heterocycles. The molecule has 1 aromatic carbocycles. The van der Waals surface area contributed by atoms with Crippen LogP contribution in [0.1, 0.15) is 25.7 Å². The topological polar surface area (TPSA) is 77.9 Å². The Kier molecular flexibility index (Phi) is 4.69. The van der Waals surface area contributed by atoms with Crippen LogP contribution in [0.3, 0.4) is 0 Å². The summed E-state index contributed by atoms with van der Waals surface area (Å²) in [6.07, 6.45) is 1.16. The van der Waals surface area contributed by atoms with Crippen LogP contribution in [0.25, 0.3) is 0 Å². The average molecular weight is 352 g/mol. The maximum absolute atomic E-state index is 13.9. The van der Waals surface area contributed by atoms with Gasteiger partial charge in [0.15, 0.2) is 0 Å². The Bertz CT molecular complexity index is 725. The van der Waals surface area contributed by atoms with Crippen LogP contribution in [-0.2, 0) is 14.4 Å². The van der Waals surface area contributed by atoms with Crippen LogP contribution in [0, 0.1) is 17.6 Å². The first-order valence-corrected chi connectivity index (χ1v) is 8.14. The molecule has 6 nitrogen and oxygen atoms in total. The predicted molar refractivity (Wildman–Crippen MR) is 83.8 cm³/mol. The minimum Gasteiger partial charge on any atom is -0.481 e. The van der Waals surface area contributed by atoms with Gasteiger partial charge in [0.2, 0.25) is 11.8 Å². The summed E-state index contributed by atoms with van der Waals surface area (Å²) in [5, 5.41) is 8.95. The molecule has 2 aliphatic heterocycles. The monoisotopic (exact) mass is 352 g/mol. The summed E-state index contributed by atoms with van der Waals surface area (Å²) in [5.74, 6) is -3.89. The molecule has 1 N–H and O–H groups in total. The van der Waals surface area contributed by atoms with Crippen molar-refractivity contribution in [2.45, 2.75) is 31.7 Å². The van der Waals surface area contributed by atoms with Gasteiger partial charge in [-0.2, -0.15) is 0 Å². The van der Waals surface area contributed by atoms with Gasteiger partial charge in [-0.1, -0.05) is 0 Å². The van der Waals surface area contributed by atoms with Crippen molar-refractivity contribution in [3.8, 4) is 0 Å². The van der Waals surface area contributed by atoms with E-state index in [1.165, 1.54) is 11.0 Å². The molecular formula is C17H18F2N2O4. The van der Waals surface area contributed by atoms with E-state index in [4.69, 9.17) is 5.11 Å². The number of carbonyl (C=O) groups excluding carboxylic acids is 2. The number of hydrogen-bond donors (Lipinski definition) is 1. The minimum atomic E-state index is -0.970. The highest BCUT2D eigenvalue weighted by atomic mass is 19.1. The summed E-state index contributed by atoms with van der Waals surface area (Å²) in [7, 11) is 0. The molecule has 25 heavy (non-hydrogen) atoms. The van der Waals surface area contributed by atoms with Gasteiger partial charge in [0.25, 0.3) is 0 Å². The van der Waals surface area contributed by atoms with Crippen molar-refractivity contribution in [2.75, 3.05) is 18.0 Å². The number of carboxylic acid groups (broad SMARTS) is 1. The Balaban J connectivity index is 1.73. The van der Waals surface area contributed by atoms with Gasteiger partial charge in [-0.3, -0.25) is 14.4 Å². The number of halogens is 2. The van der Waals surface area contributed by atoms with Gasteiger partial charge in [0.05, 0.1) is 18.0 Å². The van der Waals surface area contributed by atoms with Crippen molar-refractivity contribution in [2.24, 2.45) is 5.92 Å². The van der Waals surface area contributed by atoms with Crippen LogP contribution in [0.4, 0.5) is 14.5 Å². The van der Waals surface area contributed by atoms with E-state index in [-0.39, 0.29) is 37.0 Å². The van der Waals surface area contributed by atoms with Crippen molar-refractivity contribution in [3.05, 3.63) is 29.8 Å². The number of rotatable bonds is 4. The van der Waals surface area contributed by atoms with Crippen LogP contribution in [-0.4, -0.2) is 46.9 Å². The smallest absolute Gasteiger partial charge is 0.305 e. The molecule has 8 heteroatoms. The quantitative estimate of drug-likeness (QED) is 0.896. The Morgan fingerprint density at radius 2 is 2.04 bits per heavy atom. The summed E-state index contributed by atoms with van der Waals surface area (Å²) in [6, 6.07) is 2.57. The van der Waals surface area contributed by atoms with Crippen molar-refractivity contribution in [1.29, 1.82) is 0 Å². The number of aliphatic carboxylic acids is 1. The lowest BCUT2D eigenvalue weighted by atomic mass is 10.1. The predicted octanol–water partition coefficient (Wildman–Crippen LogP) is 1.78. The van der Waals surface area contributed by atoms with Crippen molar-refractivity contribution in [3.63, 3.8) is 0 Å². The molecule has 2 heterocycles. The maximum atomic E-state index is 13.9. The fraction of sp³-hybridized carbons (Fsp3) is 0.471. The summed E-state index contributed by atoms with van der Waals surface area (Å²) >= 11 is 0. The van der Waals surface area contributed by atoms with Crippen LogP contribution in [0.5, 0.6) is 0 Å². The van der Waals surface area contributed by atoms with Gasteiger partial charge in [-0.05, 0) is 25.0 Å². The SMILES string of the molecule is O=C(O)CC1CCCN1C(=O)C1CC(=O)N(c2ccc(F)cc2F)C1. The second kappa shape index (κ2) is 6.78. The first-order chi connectivity index (χ1) is 11.9. The molecule has 3 rings (SSSR count). The molecule has 2 atom stereocenters. The standard InChI is InChI=1S/C17H18F2N2O4/c18-11-3-4-14(13(19)7-11)21-9-10(6-15(21)22)17(25)20-5-1-2-12(20)8-16(23)24/h3-4,7,10,12H,1-2,5-6,8-9H2,(H,23,24). The number of likely N-dealkylation sites (tertiary alicyclic amines) is 1. The number of nitrogens with zero attached hydrogens (tertiary/aromatic N) is 2. The van der Waals surface area contributed by atoms with E-state index in [0.717, 1.165) is 17.4 Å². The lowest BCUT2D eigenvalue weighted by molar-refractivity contribution is -0.141. The molecule has 0 spiro atoms. The molecule has 134 valence electrons. The molecule has 0 radical (unpaired) electrons. The second-order valence-corrected chi connectivity index (χ2v) is 6.43. The van der Waals surface area contributed by atoms with Crippen LogP contribution >= 0.6 is 0 Å². The van der Waals surface area contributed by atoms with Crippen LogP contribution in [0.15, 0.2) is 18.2 Å². The molecular weight excluding hydrogens is 334 g/mol. The van der Waals surface area contributed by atoms with Gasteiger partial charge in [0, 0.05) is 31.6 Å². The van der Waals surface area contributed by atoms with E-state index >= 15 is 0 Å². The third kappa shape index (κ3) is 3.47. The lowest BCUT2D eigenvalue weighted by Gasteiger charge is -2.26. The van der Waals surface area contributed by atoms with Crippen molar-refractivity contribution in [1.82, 2.24) is 4.90 Å². The molecule has 0 aromatic heterocycles.